The predicted molar refractivity (Wildman–Crippen MR) is 75.4 cm³/mol. The van der Waals surface area contributed by atoms with E-state index in [2.05, 4.69) is 10.2 Å². The van der Waals surface area contributed by atoms with Gasteiger partial charge in [-0.1, -0.05) is 0 Å². The first-order valence-corrected chi connectivity index (χ1v) is 7.30. The minimum Gasteiger partial charge on any atom is -0.492 e. The molecule has 1 aromatic rings. The Balaban J connectivity index is 1.64. The molecule has 126 valence electrons. The summed E-state index contributed by atoms with van der Waals surface area (Å²) in [6.07, 6.45) is -3.57. The summed E-state index contributed by atoms with van der Waals surface area (Å²) in [4.78, 5) is 12.1. The lowest BCUT2D eigenvalue weighted by Crippen LogP contribution is -2.45. The van der Waals surface area contributed by atoms with E-state index in [1.807, 2.05) is 0 Å². The van der Waals surface area contributed by atoms with Gasteiger partial charge in [0, 0.05) is 37.8 Å². The fourth-order valence-corrected chi connectivity index (χ4v) is 3.14. The van der Waals surface area contributed by atoms with Crippen LogP contribution in [0.4, 0.5) is 18.9 Å². The lowest BCUT2D eigenvalue weighted by atomic mass is 10.2. The van der Waals surface area contributed by atoms with Crippen LogP contribution in [0, 0.1) is 10.1 Å². The Hall–Kier alpha value is -1.87. The highest BCUT2D eigenvalue weighted by atomic mass is 19.4. The second kappa shape index (κ2) is 5.97. The van der Waals surface area contributed by atoms with Gasteiger partial charge in [-0.05, 0) is 12.5 Å². The zero-order chi connectivity index (χ0) is 16.6. The number of nitrogens with one attached hydrogen (secondary N) is 1. The number of nitrogens with zero attached hydrogens (tertiary/aromatic N) is 2. The molecule has 23 heavy (non-hydrogen) atoms. The third-order valence-corrected chi connectivity index (χ3v) is 4.25. The molecule has 0 radical (unpaired) electrons. The lowest BCUT2D eigenvalue weighted by molar-refractivity contribution is -0.385. The first-order valence-electron chi connectivity index (χ1n) is 7.30. The molecule has 1 aromatic carbocycles. The summed E-state index contributed by atoms with van der Waals surface area (Å²) in [5.74, 6) is -0.131. The number of piperazine rings is 1. The Morgan fingerprint density at radius 1 is 1.39 bits per heavy atom. The highest BCUT2D eigenvalue weighted by molar-refractivity contribution is 5.43. The number of nitro benzene ring substituents is 1. The number of nitro groups is 1. The molecule has 2 aliphatic rings. The molecule has 1 unspecified atom stereocenters. The maximum absolute atomic E-state index is 12.8. The molecule has 1 N–H and O–H groups in total. The predicted octanol–water partition coefficient (Wildman–Crippen LogP) is 2.04. The number of benzene rings is 1. The molecule has 2 atom stereocenters. The molecule has 2 aliphatic heterocycles. The summed E-state index contributed by atoms with van der Waals surface area (Å²) in [7, 11) is 0. The fraction of sp³-hybridized carbons (Fsp3) is 0.571. The first-order chi connectivity index (χ1) is 10.8. The van der Waals surface area contributed by atoms with Gasteiger partial charge in [-0.25, -0.2) is 0 Å². The van der Waals surface area contributed by atoms with E-state index < -0.39 is 22.4 Å². The van der Waals surface area contributed by atoms with Crippen molar-refractivity contribution in [2.24, 2.45) is 0 Å². The van der Waals surface area contributed by atoms with Crippen molar-refractivity contribution in [1.29, 1.82) is 0 Å². The molecule has 3 rings (SSSR count). The van der Waals surface area contributed by atoms with Gasteiger partial charge in [0.25, 0.3) is 5.69 Å². The summed E-state index contributed by atoms with van der Waals surface area (Å²) in [6, 6.07) is 3.25. The minimum atomic E-state index is -4.65. The quantitative estimate of drug-likeness (QED) is 0.661. The summed E-state index contributed by atoms with van der Waals surface area (Å²) in [5, 5.41) is 14.1. The van der Waals surface area contributed by atoms with Crippen LogP contribution in [0.15, 0.2) is 18.2 Å². The standard InChI is InChI=1S/C14H16F3N3O3/c15-14(16,17)9-3-11(20(21)22)6-13(4-9)23-2-1-19-8-10-5-12(19)7-18-10/h3-4,6,10,12,18H,1-2,5,7-8H2/t10-,12?/m0/s1. The second-order valence-corrected chi connectivity index (χ2v) is 5.81. The molecule has 2 saturated heterocycles. The highest BCUT2D eigenvalue weighted by Gasteiger charge is 2.37. The van der Waals surface area contributed by atoms with Gasteiger partial charge in [0.2, 0.25) is 0 Å². The van der Waals surface area contributed by atoms with Crippen molar-refractivity contribution in [2.45, 2.75) is 24.7 Å². The molecule has 6 nitrogen and oxygen atoms in total. The Bertz CT molecular complexity index is 609. The van der Waals surface area contributed by atoms with Gasteiger partial charge < -0.3 is 10.1 Å². The molecule has 0 amide bonds. The van der Waals surface area contributed by atoms with E-state index in [1.54, 1.807) is 0 Å². The molecule has 0 spiro atoms. The number of ether oxygens (including phenoxy) is 1. The molecule has 0 saturated carbocycles. The number of rotatable bonds is 5. The smallest absolute Gasteiger partial charge is 0.416 e. The van der Waals surface area contributed by atoms with E-state index in [-0.39, 0.29) is 12.4 Å². The van der Waals surface area contributed by atoms with Gasteiger partial charge in [0.05, 0.1) is 16.6 Å². The van der Waals surface area contributed by atoms with E-state index in [9.17, 15) is 23.3 Å². The summed E-state index contributed by atoms with van der Waals surface area (Å²) in [5.41, 5.74) is -1.70. The molecule has 2 fully saturated rings. The molecule has 2 bridgehead atoms. The lowest BCUT2D eigenvalue weighted by Gasteiger charge is -2.27. The first kappa shape index (κ1) is 16.0. The monoisotopic (exact) mass is 331 g/mol. The maximum Gasteiger partial charge on any atom is 0.416 e. The number of hydrogen-bond donors (Lipinski definition) is 1. The molecule has 0 aliphatic carbocycles. The number of alkyl halides is 3. The minimum absolute atomic E-state index is 0.131. The van der Waals surface area contributed by atoms with Crippen LogP contribution in [-0.4, -0.2) is 48.1 Å². The van der Waals surface area contributed by atoms with Crippen molar-refractivity contribution < 1.29 is 22.8 Å². The normalized spacial score (nSPS) is 24.1. The van der Waals surface area contributed by atoms with Crippen LogP contribution in [0.3, 0.4) is 0 Å². The maximum atomic E-state index is 12.8. The van der Waals surface area contributed by atoms with Crippen LogP contribution >= 0.6 is 0 Å². The molecule has 2 heterocycles. The Labute approximate surface area is 130 Å². The van der Waals surface area contributed by atoms with Crippen LogP contribution in [0.2, 0.25) is 0 Å². The van der Waals surface area contributed by atoms with Gasteiger partial charge in [-0.15, -0.1) is 0 Å². The van der Waals surface area contributed by atoms with Crippen molar-refractivity contribution >= 4 is 5.69 Å². The van der Waals surface area contributed by atoms with Crippen molar-refractivity contribution in [3.63, 3.8) is 0 Å². The number of likely N-dealkylation sites (tertiary alicyclic amines) is 1. The number of non-ortho nitro benzene ring substituents is 1. The summed E-state index contributed by atoms with van der Waals surface area (Å²) in [6.45, 7) is 2.60. The van der Waals surface area contributed by atoms with Crippen LogP contribution in [0.25, 0.3) is 0 Å². The molecular formula is C14H16F3N3O3. The number of fused-ring (bicyclic) bond motifs is 2. The summed E-state index contributed by atoms with van der Waals surface area (Å²) < 4.78 is 43.7. The fourth-order valence-electron chi connectivity index (χ4n) is 3.14. The van der Waals surface area contributed by atoms with Crippen LogP contribution < -0.4 is 10.1 Å². The van der Waals surface area contributed by atoms with Crippen LogP contribution in [0.1, 0.15) is 12.0 Å². The largest absolute Gasteiger partial charge is 0.492 e. The van der Waals surface area contributed by atoms with Gasteiger partial charge in [0.15, 0.2) is 0 Å². The number of halogens is 3. The van der Waals surface area contributed by atoms with Crippen molar-refractivity contribution in [3.05, 3.63) is 33.9 Å². The van der Waals surface area contributed by atoms with Crippen LogP contribution in [0.5, 0.6) is 5.75 Å². The van der Waals surface area contributed by atoms with E-state index in [0.29, 0.717) is 24.7 Å². The van der Waals surface area contributed by atoms with E-state index in [0.717, 1.165) is 31.6 Å². The average molecular weight is 331 g/mol. The van der Waals surface area contributed by atoms with E-state index >= 15 is 0 Å². The van der Waals surface area contributed by atoms with Crippen molar-refractivity contribution in [3.8, 4) is 5.75 Å². The van der Waals surface area contributed by atoms with Gasteiger partial charge in [0.1, 0.15) is 12.4 Å². The van der Waals surface area contributed by atoms with Gasteiger partial charge >= 0.3 is 6.18 Å². The van der Waals surface area contributed by atoms with Gasteiger partial charge in [-0.2, -0.15) is 13.2 Å². The Kier molecular flexibility index (Phi) is 4.15. The Morgan fingerprint density at radius 2 is 2.17 bits per heavy atom. The third kappa shape index (κ3) is 3.56. The van der Waals surface area contributed by atoms with Crippen molar-refractivity contribution in [2.75, 3.05) is 26.2 Å². The Morgan fingerprint density at radius 3 is 2.74 bits per heavy atom. The average Bonchev–Trinajstić information content (AvgIpc) is 3.08. The van der Waals surface area contributed by atoms with E-state index in [1.165, 1.54) is 0 Å². The highest BCUT2D eigenvalue weighted by Crippen LogP contribution is 2.34. The van der Waals surface area contributed by atoms with E-state index in [4.69, 9.17) is 4.74 Å². The molecule has 9 heteroatoms. The molecular weight excluding hydrogens is 315 g/mol. The van der Waals surface area contributed by atoms with Gasteiger partial charge in [-0.3, -0.25) is 15.0 Å². The topological polar surface area (TPSA) is 67.6 Å². The third-order valence-electron chi connectivity index (χ3n) is 4.25. The van der Waals surface area contributed by atoms with Crippen molar-refractivity contribution in [1.82, 2.24) is 10.2 Å². The zero-order valence-electron chi connectivity index (χ0n) is 12.2. The molecule has 0 aromatic heterocycles. The zero-order valence-corrected chi connectivity index (χ0v) is 12.2. The summed E-state index contributed by atoms with van der Waals surface area (Å²) >= 11 is 0. The van der Waals surface area contributed by atoms with Crippen LogP contribution in [-0.2, 0) is 6.18 Å². The number of hydrogen-bond acceptors (Lipinski definition) is 5. The second-order valence-electron chi connectivity index (χ2n) is 5.81. The SMILES string of the molecule is O=[N+]([O-])c1cc(OCCN2C[C@@H]3CC2CN3)cc(C(F)(F)F)c1.